The molecule has 286 valence electrons. The van der Waals surface area contributed by atoms with Gasteiger partial charge >= 0.3 is 5.97 Å². The predicted octanol–water partition coefficient (Wildman–Crippen LogP) is 2.42. The number of hydrogen-bond donors (Lipinski definition) is 4. The lowest BCUT2D eigenvalue weighted by Crippen LogP contribution is -2.60. The standard InChI is InChI=1S/C36H65NO12/c1-13-26-18(2)14-19(3)28(39)25(38)16-35(8,43)32(49-34-29(40)24(37(10)11)15-20(4)45-34)21(5)30(22(6)33(42)47-26)48-27-17-36(9,44-12)31(41)23(7)46-27/h18-27,29-32,34,38,40-41,43H,13-17H2,1-12H3/t18-,19-,20-,21+,22-,23+,24+,25-,26-,27+,29-,30+,31+,32-,34+,35-,36-/m1/s1. The molecule has 0 unspecified atom stereocenters. The maximum Gasteiger partial charge on any atom is 0.311 e. The molecule has 0 aromatic rings. The summed E-state index contributed by atoms with van der Waals surface area (Å²) < 4.78 is 37.2. The van der Waals surface area contributed by atoms with Crippen LogP contribution in [0.25, 0.3) is 0 Å². The number of Topliss-reactive ketones (excluding diaryl/α,β-unsaturated/α-hetero) is 1. The molecule has 3 saturated heterocycles. The van der Waals surface area contributed by atoms with Gasteiger partial charge in [0.05, 0.1) is 41.5 Å². The van der Waals surface area contributed by atoms with Crippen LogP contribution in [0.3, 0.4) is 0 Å². The molecule has 17 atom stereocenters. The molecule has 3 aliphatic rings. The third-order valence-corrected chi connectivity index (χ3v) is 11.3. The van der Waals surface area contributed by atoms with Crippen molar-refractivity contribution < 1.29 is 58.4 Å². The summed E-state index contributed by atoms with van der Waals surface area (Å²) in [5, 5.41) is 45.7. The molecule has 0 saturated carbocycles. The number of likely N-dealkylation sites (N-methyl/N-ethyl adjacent to an activating group) is 1. The number of nitrogens with zero attached hydrogens (tertiary/aromatic N) is 1. The molecule has 0 radical (unpaired) electrons. The first-order valence-electron chi connectivity index (χ1n) is 18.0. The van der Waals surface area contributed by atoms with Crippen LogP contribution in [0.5, 0.6) is 0 Å². The largest absolute Gasteiger partial charge is 0.462 e. The monoisotopic (exact) mass is 703 g/mol. The quantitative estimate of drug-likeness (QED) is 0.285. The molecular formula is C36H65NO12. The van der Waals surface area contributed by atoms with Gasteiger partial charge in [0.2, 0.25) is 0 Å². The Kier molecular flexibility index (Phi) is 14.7. The molecule has 0 amide bonds. The van der Waals surface area contributed by atoms with E-state index in [2.05, 4.69) is 0 Å². The van der Waals surface area contributed by atoms with E-state index in [1.807, 2.05) is 39.8 Å². The number of hydrogen-bond acceptors (Lipinski definition) is 13. The molecule has 4 N–H and O–H groups in total. The maximum atomic E-state index is 14.0. The molecule has 0 aromatic heterocycles. The lowest BCUT2D eigenvalue weighted by Gasteiger charge is -2.48. The predicted molar refractivity (Wildman–Crippen MR) is 180 cm³/mol. The molecule has 13 heteroatoms. The zero-order valence-electron chi connectivity index (χ0n) is 31.7. The van der Waals surface area contributed by atoms with Crippen LogP contribution in [0.1, 0.15) is 94.4 Å². The molecule has 0 aliphatic carbocycles. The minimum Gasteiger partial charge on any atom is -0.462 e. The van der Waals surface area contributed by atoms with Gasteiger partial charge in [-0.15, -0.1) is 0 Å². The second kappa shape index (κ2) is 17.0. The van der Waals surface area contributed by atoms with Gasteiger partial charge in [0, 0.05) is 37.8 Å². The first-order chi connectivity index (χ1) is 22.7. The first-order valence-corrected chi connectivity index (χ1v) is 18.0. The molecular weight excluding hydrogens is 638 g/mol. The van der Waals surface area contributed by atoms with Crippen molar-refractivity contribution in [2.75, 3.05) is 21.2 Å². The van der Waals surface area contributed by atoms with Crippen LogP contribution in [0, 0.1) is 23.7 Å². The van der Waals surface area contributed by atoms with Crippen LogP contribution >= 0.6 is 0 Å². The van der Waals surface area contributed by atoms with E-state index in [4.69, 9.17) is 28.4 Å². The number of carbonyl (C=O) groups excluding carboxylic acids is 2. The summed E-state index contributed by atoms with van der Waals surface area (Å²) in [6.07, 6.45) is -8.20. The Hall–Kier alpha value is -1.26. The average Bonchev–Trinajstić information content (AvgIpc) is 3.02. The second-order valence-corrected chi connectivity index (χ2v) is 15.8. The van der Waals surface area contributed by atoms with Crippen molar-refractivity contribution in [3.05, 3.63) is 0 Å². The van der Waals surface area contributed by atoms with Crippen LogP contribution < -0.4 is 0 Å². The summed E-state index contributed by atoms with van der Waals surface area (Å²) >= 11 is 0. The Bertz CT molecular complexity index is 1090. The van der Waals surface area contributed by atoms with E-state index in [0.29, 0.717) is 19.3 Å². The van der Waals surface area contributed by atoms with E-state index >= 15 is 0 Å². The topological polar surface area (TPSA) is 174 Å². The normalized spacial score (nSPS) is 48.2. The lowest BCUT2D eigenvalue weighted by molar-refractivity contribution is -0.318. The van der Waals surface area contributed by atoms with Gasteiger partial charge in [-0.2, -0.15) is 0 Å². The zero-order chi connectivity index (χ0) is 37.2. The highest BCUT2D eigenvalue weighted by atomic mass is 16.7. The van der Waals surface area contributed by atoms with E-state index in [0.717, 1.165) is 0 Å². The highest BCUT2D eigenvalue weighted by molar-refractivity contribution is 5.85. The van der Waals surface area contributed by atoms with Gasteiger partial charge in [-0.3, -0.25) is 9.59 Å². The second-order valence-electron chi connectivity index (χ2n) is 15.8. The van der Waals surface area contributed by atoms with Crippen molar-refractivity contribution in [1.82, 2.24) is 4.90 Å². The molecule has 0 aromatic carbocycles. The SMILES string of the molecule is CC[C@H]1OC(=O)[C@H](C)[C@@H](O[C@H]2C[C@@](C)(OC)[C@@H](O)[C@H](C)O2)[C@H](C)[C@@H](O[C@@H]2O[C@H](C)C[C@H](N(C)C)[C@H]2O)[C@](C)(O)C[C@@H](O)C(=O)[C@H](C)C[C@H]1C. The van der Waals surface area contributed by atoms with Gasteiger partial charge in [0.15, 0.2) is 18.4 Å². The van der Waals surface area contributed by atoms with Gasteiger partial charge in [-0.1, -0.05) is 27.7 Å². The fourth-order valence-corrected chi connectivity index (χ4v) is 8.03. The van der Waals surface area contributed by atoms with Crippen LogP contribution in [0.2, 0.25) is 0 Å². The van der Waals surface area contributed by atoms with E-state index in [1.165, 1.54) is 14.0 Å². The van der Waals surface area contributed by atoms with E-state index < -0.39 is 96.0 Å². The molecule has 0 bridgehead atoms. The summed E-state index contributed by atoms with van der Waals surface area (Å²) in [7, 11) is 5.20. The minimum atomic E-state index is -1.88. The number of aliphatic hydroxyl groups excluding tert-OH is 3. The molecule has 3 rings (SSSR count). The molecule has 3 fully saturated rings. The van der Waals surface area contributed by atoms with Gasteiger partial charge in [0.25, 0.3) is 0 Å². The smallest absolute Gasteiger partial charge is 0.311 e. The fourth-order valence-electron chi connectivity index (χ4n) is 8.03. The number of cyclic esters (lactones) is 1. The maximum absolute atomic E-state index is 14.0. The van der Waals surface area contributed by atoms with Crippen molar-refractivity contribution in [3.8, 4) is 0 Å². The van der Waals surface area contributed by atoms with E-state index in [-0.39, 0.29) is 30.9 Å². The summed E-state index contributed by atoms with van der Waals surface area (Å²) in [4.78, 5) is 29.3. The molecule has 49 heavy (non-hydrogen) atoms. The fraction of sp³-hybridized carbons (Fsp3) is 0.944. The third kappa shape index (κ3) is 9.79. The van der Waals surface area contributed by atoms with Crippen molar-refractivity contribution >= 4 is 11.8 Å². The van der Waals surface area contributed by atoms with E-state index in [1.54, 1.807) is 34.6 Å². The Labute approximate surface area is 292 Å². The summed E-state index contributed by atoms with van der Waals surface area (Å²) in [6, 6.07) is -0.315. The van der Waals surface area contributed by atoms with Crippen molar-refractivity contribution in [2.45, 2.75) is 173 Å². The number of methoxy groups -OCH3 is 1. The highest BCUT2D eigenvalue weighted by Gasteiger charge is 2.52. The summed E-state index contributed by atoms with van der Waals surface area (Å²) in [5.74, 6) is -3.46. The van der Waals surface area contributed by atoms with Crippen LogP contribution in [0.4, 0.5) is 0 Å². The highest BCUT2D eigenvalue weighted by Crippen LogP contribution is 2.39. The van der Waals surface area contributed by atoms with Gasteiger partial charge in [-0.05, 0) is 73.9 Å². The van der Waals surface area contributed by atoms with Gasteiger partial charge in [-0.25, -0.2) is 0 Å². The number of rotatable bonds is 7. The first kappa shape index (κ1) is 42.2. The van der Waals surface area contributed by atoms with Crippen LogP contribution in [-0.2, 0) is 38.0 Å². The zero-order valence-corrected chi connectivity index (χ0v) is 31.7. The van der Waals surface area contributed by atoms with Crippen LogP contribution in [-0.4, -0.2) is 137 Å². The Morgan fingerprint density at radius 1 is 0.939 bits per heavy atom. The molecule has 13 nitrogen and oxygen atoms in total. The third-order valence-electron chi connectivity index (χ3n) is 11.3. The number of aliphatic hydroxyl groups is 4. The van der Waals surface area contributed by atoms with Crippen LogP contribution in [0.15, 0.2) is 0 Å². The molecule has 0 spiro atoms. The molecule has 3 heterocycles. The van der Waals surface area contributed by atoms with Crippen molar-refractivity contribution in [3.63, 3.8) is 0 Å². The number of ether oxygens (including phenoxy) is 6. The summed E-state index contributed by atoms with van der Waals surface area (Å²) in [5.41, 5.74) is -2.89. The minimum absolute atomic E-state index is 0.133. The lowest BCUT2D eigenvalue weighted by atomic mass is 9.77. The number of esters is 1. The molecule has 3 aliphatic heterocycles. The van der Waals surface area contributed by atoms with Gasteiger partial charge < -0.3 is 53.7 Å². The average molecular weight is 704 g/mol. The number of ketones is 1. The van der Waals surface area contributed by atoms with Crippen molar-refractivity contribution in [2.24, 2.45) is 23.7 Å². The van der Waals surface area contributed by atoms with Crippen molar-refractivity contribution in [1.29, 1.82) is 0 Å². The Morgan fingerprint density at radius 3 is 2.14 bits per heavy atom. The Balaban J connectivity index is 2.13. The van der Waals surface area contributed by atoms with E-state index in [9.17, 15) is 30.0 Å². The number of carbonyl (C=O) groups is 2. The summed E-state index contributed by atoms with van der Waals surface area (Å²) in [6.45, 7) is 15.8. The Morgan fingerprint density at radius 2 is 1.57 bits per heavy atom. The van der Waals surface area contributed by atoms with Gasteiger partial charge in [0.1, 0.15) is 24.4 Å².